The monoisotopic (exact) mass is 325 g/mol. The standard InChI is InChI=1S/C20H39NO2/c1-19(2,3)22-12-9-16-7-10-21(11-8-16)15-17-13-18(14-17)23-20(4,5)6/h16-18H,7-15H2,1-6H3. The SMILES string of the molecule is CC(C)(C)OCCC1CCN(CC2CC(OC(C)(C)C)C2)CC1. The molecule has 3 nitrogen and oxygen atoms in total. The van der Waals surface area contributed by atoms with Gasteiger partial charge in [-0.25, -0.2) is 0 Å². The minimum atomic E-state index is 0.0105. The Bertz CT molecular complexity index is 342. The summed E-state index contributed by atoms with van der Waals surface area (Å²) in [6.45, 7) is 17.7. The molecule has 0 bridgehead atoms. The van der Waals surface area contributed by atoms with Crippen LogP contribution >= 0.6 is 0 Å². The van der Waals surface area contributed by atoms with E-state index in [-0.39, 0.29) is 11.2 Å². The fourth-order valence-corrected chi connectivity index (χ4v) is 3.77. The summed E-state index contributed by atoms with van der Waals surface area (Å²) < 4.78 is 11.9. The second-order valence-corrected chi connectivity index (χ2v) is 9.68. The van der Waals surface area contributed by atoms with Crippen molar-refractivity contribution in [2.24, 2.45) is 11.8 Å². The quantitative estimate of drug-likeness (QED) is 0.718. The van der Waals surface area contributed by atoms with Gasteiger partial charge in [-0.15, -0.1) is 0 Å². The van der Waals surface area contributed by atoms with Gasteiger partial charge in [0.25, 0.3) is 0 Å². The molecule has 0 aromatic carbocycles. The number of hydrogen-bond donors (Lipinski definition) is 0. The third kappa shape index (κ3) is 7.53. The molecule has 0 aromatic rings. The molecule has 2 aliphatic rings. The molecule has 0 aromatic heterocycles. The van der Waals surface area contributed by atoms with Crippen molar-refractivity contribution in [1.82, 2.24) is 4.90 Å². The zero-order valence-corrected chi connectivity index (χ0v) is 16.4. The van der Waals surface area contributed by atoms with E-state index in [9.17, 15) is 0 Å². The summed E-state index contributed by atoms with van der Waals surface area (Å²) in [7, 11) is 0. The van der Waals surface area contributed by atoms with Crippen LogP contribution in [0.2, 0.25) is 0 Å². The second kappa shape index (κ2) is 7.84. The normalized spacial score (nSPS) is 27.9. The molecule has 23 heavy (non-hydrogen) atoms. The van der Waals surface area contributed by atoms with Gasteiger partial charge in [0.15, 0.2) is 0 Å². The lowest BCUT2D eigenvalue weighted by atomic mass is 9.81. The van der Waals surface area contributed by atoms with Crippen molar-refractivity contribution in [3.63, 3.8) is 0 Å². The molecule has 1 saturated heterocycles. The Kier molecular flexibility index (Phi) is 6.55. The molecule has 2 fully saturated rings. The van der Waals surface area contributed by atoms with Gasteiger partial charge < -0.3 is 14.4 Å². The first-order valence-corrected chi connectivity index (χ1v) is 9.65. The van der Waals surface area contributed by atoms with E-state index in [0.29, 0.717) is 6.10 Å². The maximum atomic E-state index is 6.05. The van der Waals surface area contributed by atoms with Crippen molar-refractivity contribution in [3.8, 4) is 0 Å². The first-order chi connectivity index (χ1) is 10.6. The molecular formula is C20H39NO2. The van der Waals surface area contributed by atoms with E-state index in [1.807, 2.05) is 0 Å². The average molecular weight is 326 g/mol. The van der Waals surface area contributed by atoms with Gasteiger partial charge in [-0.05, 0) is 98.6 Å². The van der Waals surface area contributed by atoms with Gasteiger partial charge in [-0.2, -0.15) is 0 Å². The highest BCUT2D eigenvalue weighted by molar-refractivity contribution is 4.85. The molecule has 0 N–H and O–H groups in total. The molecule has 0 unspecified atom stereocenters. The number of ether oxygens (including phenoxy) is 2. The van der Waals surface area contributed by atoms with Crippen molar-refractivity contribution in [2.75, 3.05) is 26.2 Å². The van der Waals surface area contributed by atoms with Crippen LogP contribution in [-0.2, 0) is 9.47 Å². The third-order valence-electron chi connectivity index (χ3n) is 5.00. The first kappa shape index (κ1) is 19.2. The topological polar surface area (TPSA) is 21.7 Å². The van der Waals surface area contributed by atoms with Crippen LogP contribution in [0.5, 0.6) is 0 Å². The predicted octanol–water partition coefficient (Wildman–Crippen LogP) is 4.50. The fourth-order valence-electron chi connectivity index (χ4n) is 3.77. The first-order valence-electron chi connectivity index (χ1n) is 9.65. The van der Waals surface area contributed by atoms with Crippen molar-refractivity contribution in [1.29, 1.82) is 0 Å². The molecule has 0 atom stereocenters. The van der Waals surface area contributed by atoms with Gasteiger partial charge in [0.1, 0.15) is 0 Å². The molecule has 136 valence electrons. The molecule has 3 heteroatoms. The second-order valence-electron chi connectivity index (χ2n) is 9.68. The molecule has 1 aliphatic heterocycles. The highest BCUT2D eigenvalue weighted by Gasteiger charge is 2.34. The Hall–Kier alpha value is -0.120. The largest absolute Gasteiger partial charge is 0.376 e. The van der Waals surface area contributed by atoms with E-state index in [1.54, 1.807) is 0 Å². The molecule has 1 aliphatic carbocycles. The van der Waals surface area contributed by atoms with E-state index in [2.05, 4.69) is 46.4 Å². The van der Waals surface area contributed by atoms with Gasteiger partial charge in [-0.1, -0.05) is 0 Å². The molecule has 0 radical (unpaired) electrons. The van der Waals surface area contributed by atoms with Crippen LogP contribution in [0.4, 0.5) is 0 Å². The van der Waals surface area contributed by atoms with Crippen LogP contribution in [0.3, 0.4) is 0 Å². The Morgan fingerprint density at radius 1 is 0.870 bits per heavy atom. The van der Waals surface area contributed by atoms with Gasteiger partial charge in [0.2, 0.25) is 0 Å². The molecular weight excluding hydrogens is 286 g/mol. The Balaban J connectivity index is 1.54. The van der Waals surface area contributed by atoms with Crippen LogP contribution in [0.15, 0.2) is 0 Å². The zero-order valence-electron chi connectivity index (χ0n) is 16.4. The highest BCUT2D eigenvalue weighted by Crippen LogP contribution is 2.34. The smallest absolute Gasteiger partial charge is 0.0602 e. The van der Waals surface area contributed by atoms with Crippen molar-refractivity contribution in [2.45, 2.75) is 91.0 Å². The summed E-state index contributed by atoms with van der Waals surface area (Å²) in [4.78, 5) is 2.68. The minimum absolute atomic E-state index is 0.0105. The number of hydrogen-bond acceptors (Lipinski definition) is 3. The Morgan fingerprint density at radius 3 is 2.00 bits per heavy atom. The summed E-state index contributed by atoms with van der Waals surface area (Å²) in [5, 5.41) is 0. The summed E-state index contributed by atoms with van der Waals surface area (Å²) in [5.41, 5.74) is 0.0275. The lowest BCUT2D eigenvalue weighted by Crippen LogP contribution is -2.44. The van der Waals surface area contributed by atoms with E-state index < -0.39 is 0 Å². The predicted molar refractivity (Wildman–Crippen MR) is 96.8 cm³/mol. The maximum absolute atomic E-state index is 6.05. The average Bonchev–Trinajstić information content (AvgIpc) is 2.35. The lowest BCUT2D eigenvalue weighted by molar-refractivity contribution is -0.116. The van der Waals surface area contributed by atoms with Gasteiger partial charge >= 0.3 is 0 Å². The molecule has 1 saturated carbocycles. The van der Waals surface area contributed by atoms with Crippen molar-refractivity contribution < 1.29 is 9.47 Å². The van der Waals surface area contributed by atoms with Crippen LogP contribution in [0.25, 0.3) is 0 Å². The van der Waals surface area contributed by atoms with Crippen LogP contribution < -0.4 is 0 Å². The summed E-state index contributed by atoms with van der Waals surface area (Å²) in [5.74, 6) is 1.73. The van der Waals surface area contributed by atoms with E-state index in [1.165, 1.54) is 51.7 Å². The molecule has 1 heterocycles. The van der Waals surface area contributed by atoms with Gasteiger partial charge in [0, 0.05) is 13.2 Å². The van der Waals surface area contributed by atoms with E-state index >= 15 is 0 Å². The van der Waals surface area contributed by atoms with Crippen LogP contribution in [0, 0.1) is 11.8 Å². The maximum Gasteiger partial charge on any atom is 0.0602 e. The van der Waals surface area contributed by atoms with E-state index in [4.69, 9.17) is 9.47 Å². The van der Waals surface area contributed by atoms with Gasteiger partial charge in [0.05, 0.1) is 17.3 Å². The number of rotatable bonds is 6. The Labute approximate surface area is 144 Å². The molecule has 0 spiro atoms. The number of likely N-dealkylation sites (tertiary alicyclic amines) is 1. The fraction of sp³-hybridized carbons (Fsp3) is 1.00. The Morgan fingerprint density at radius 2 is 1.48 bits per heavy atom. The van der Waals surface area contributed by atoms with Gasteiger partial charge in [-0.3, -0.25) is 0 Å². The van der Waals surface area contributed by atoms with Crippen LogP contribution in [0.1, 0.15) is 73.6 Å². The molecule has 2 rings (SSSR count). The minimum Gasteiger partial charge on any atom is -0.376 e. The summed E-state index contributed by atoms with van der Waals surface area (Å²) in [6.07, 6.45) is 6.96. The zero-order chi connectivity index (χ0) is 17.1. The number of piperidine rings is 1. The van der Waals surface area contributed by atoms with Crippen LogP contribution in [-0.4, -0.2) is 48.4 Å². The highest BCUT2D eigenvalue weighted by atomic mass is 16.5. The van der Waals surface area contributed by atoms with Crippen molar-refractivity contribution in [3.05, 3.63) is 0 Å². The summed E-state index contributed by atoms with van der Waals surface area (Å²) in [6, 6.07) is 0. The third-order valence-corrected chi connectivity index (χ3v) is 5.00. The summed E-state index contributed by atoms with van der Waals surface area (Å²) >= 11 is 0. The van der Waals surface area contributed by atoms with E-state index in [0.717, 1.165) is 18.4 Å². The number of nitrogens with zero attached hydrogens (tertiary/aromatic N) is 1. The molecule has 0 amide bonds. The lowest BCUT2D eigenvalue weighted by Gasteiger charge is -2.42. The van der Waals surface area contributed by atoms with Crippen molar-refractivity contribution >= 4 is 0 Å².